The number of rotatable bonds is 2. The molecule has 0 bridgehead atoms. The molecular formula is C16H20N2OS. The molecule has 3 nitrogen and oxygen atoms in total. The molecule has 20 heavy (non-hydrogen) atoms. The minimum atomic E-state index is -0.0865. The highest BCUT2D eigenvalue weighted by Gasteiger charge is 2.15. The predicted octanol–water partition coefficient (Wildman–Crippen LogP) is 4.31. The monoisotopic (exact) mass is 288 g/mol. The maximum Gasteiger partial charge on any atom is 0.267 e. The molecule has 1 aromatic heterocycles. The van der Waals surface area contributed by atoms with Crippen LogP contribution in [0.2, 0.25) is 0 Å². The second kappa shape index (κ2) is 5.37. The number of carbonyl (C=O) groups is 1. The van der Waals surface area contributed by atoms with Crippen LogP contribution in [0, 0.1) is 13.8 Å². The minimum absolute atomic E-state index is 0.0865. The van der Waals surface area contributed by atoms with Gasteiger partial charge in [0.05, 0.1) is 10.7 Å². The first kappa shape index (κ1) is 14.7. The van der Waals surface area contributed by atoms with Crippen molar-refractivity contribution in [2.45, 2.75) is 40.0 Å². The van der Waals surface area contributed by atoms with E-state index in [-0.39, 0.29) is 11.3 Å². The highest BCUT2D eigenvalue weighted by molar-refractivity contribution is 7.13. The lowest BCUT2D eigenvalue weighted by atomic mass is 9.87. The fourth-order valence-corrected chi connectivity index (χ4v) is 2.80. The van der Waals surface area contributed by atoms with E-state index >= 15 is 0 Å². The molecule has 2 aromatic rings. The normalized spacial score (nSPS) is 11.4. The van der Waals surface area contributed by atoms with Crippen molar-refractivity contribution in [2.75, 3.05) is 5.32 Å². The fourth-order valence-electron chi connectivity index (χ4n) is 1.98. The molecule has 1 aromatic carbocycles. The number of hydrogen-bond donors (Lipinski definition) is 1. The number of benzene rings is 1. The molecular weight excluding hydrogens is 268 g/mol. The van der Waals surface area contributed by atoms with Gasteiger partial charge in [0.25, 0.3) is 5.91 Å². The Hall–Kier alpha value is -1.68. The molecule has 0 fully saturated rings. The number of carbonyl (C=O) groups excluding carboxylic acids is 1. The van der Waals surface area contributed by atoms with Crippen molar-refractivity contribution in [3.63, 3.8) is 0 Å². The molecule has 4 heteroatoms. The van der Waals surface area contributed by atoms with E-state index in [9.17, 15) is 4.79 Å². The number of anilines is 1. The Morgan fingerprint density at radius 1 is 1.15 bits per heavy atom. The molecule has 0 saturated heterocycles. The van der Waals surface area contributed by atoms with Crippen LogP contribution in [0.3, 0.4) is 0 Å². The van der Waals surface area contributed by atoms with Gasteiger partial charge in [-0.3, -0.25) is 4.79 Å². The summed E-state index contributed by atoms with van der Waals surface area (Å²) in [6.45, 7) is 10.3. The van der Waals surface area contributed by atoms with Crippen LogP contribution >= 0.6 is 11.3 Å². The van der Waals surface area contributed by atoms with Crippen molar-refractivity contribution in [3.8, 4) is 0 Å². The van der Waals surface area contributed by atoms with Gasteiger partial charge in [-0.15, -0.1) is 11.3 Å². The molecule has 0 unspecified atom stereocenters. The van der Waals surface area contributed by atoms with E-state index in [1.165, 1.54) is 16.9 Å². The highest BCUT2D eigenvalue weighted by atomic mass is 32.1. The van der Waals surface area contributed by atoms with Crippen LogP contribution in [0.25, 0.3) is 0 Å². The third kappa shape index (κ3) is 3.25. The van der Waals surface area contributed by atoms with Gasteiger partial charge in [0.15, 0.2) is 0 Å². The standard InChI is InChI=1S/C16H20N2OS/c1-10-14(20-11(2)17-10)15(19)18-13-8-6-12(7-9-13)16(3,4)5/h6-9H,1-5H3,(H,18,19). The zero-order valence-electron chi connectivity index (χ0n) is 12.6. The fraction of sp³-hybridized carbons (Fsp3) is 0.375. The number of aromatic nitrogens is 1. The van der Waals surface area contributed by atoms with Crippen molar-refractivity contribution < 1.29 is 4.79 Å². The Morgan fingerprint density at radius 3 is 2.20 bits per heavy atom. The first-order chi connectivity index (χ1) is 9.27. The smallest absolute Gasteiger partial charge is 0.267 e. The Labute approximate surface area is 124 Å². The number of hydrogen-bond acceptors (Lipinski definition) is 3. The third-order valence-corrected chi connectivity index (χ3v) is 4.19. The number of nitrogens with one attached hydrogen (secondary N) is 1. The van der Waals surface area contributed by atoms with Gasteiger partial charge in [0.1, 0.15) is 4.88 Å². The summed E-state index contributed by atoms with van der Waals surface area (Å²) in [5.41, 5.74) is 2.97. The summed E-state index contributed by atoms with van der Waals surface area (Å²) >= 11 is 1.43. The van der Waals surface area contributed by atoms with Gasteiger partial charge in [-0.05, 0) is 37.0 Å². The second-order valence-corrected chi connectivity index (χ2v) is 7.13. The maximum absolute atomic E-state index is 12.2. The van der Waals surface area contributed by atoms with Gasteiger partial charge in [-0.1, -0.05) is 32.9 Å². The molecule has 0 aliphatic heterocycles. The van der Waals surface area contributed by atoms with Gasteiger partial charge < -0.3 is 5.32 Å². The van der Waals surface area contributed by atoms with E-state index in [1.807, 2.05) is 26.0 Å². The van der Waals surface area contributed by atoms with E-state index in [0.29, 0.717) is 4.88 Å². The van der Waals surface area contributed by atoms with E-state index in [0.717, 1.165) is 16.4 Å². The molecule has 0 spiro atoms. The summed E-state index contributed by atoms with van der Waals surface area (Å²) in [5.74, 6) is -0.0865. The van der Waals surface area contributed by atoms with Crippen molar-refractivity contribution in [3.05, 3.63) is 45.4 Å². The van der Waals surface area contributed by atoms with Crippen molar-refractivity contribution >= 4 is 22.9 Å². The first-order valence-corrected chi connectivity index (χ1v) is 7.45. The van der Waals surface area contributed by atoms with Crippen molar-refractivity contribution in [1.29, 1.82) is 0 Å². The molecule has 1 amide bonds. The van der Waals surface area contributed by atoms with Crippen molar-refractivity contribution in [1.82, 2.24) is 4.98 Å². The maximum atomic E-state index is 12.2. The molecule has 0 saturated carbocycles. The molecule has 106 valence electrons. The number of aryl methyl sites for hydroxylation is 2. The third-order valence-electron chi connectivity index (χ3n) is 3.12. The molecule has 0 aliphatic rings. The van der Waals surface area contributed by atoms with E-state index < -0.39 is 0 Å². The van der Waals surface area contributed by atoms with Crippen LogP contribution < -0.4 is 5.32 Å². The molecule has 2 rings (SSSR count). The highest BCUT2D eigenvalue weighted by Crippen LogP contribution is 2.24. The zero-order valence-corrected chi connectivity index (χ0v) is 13.4. The van der Waals surface area contributed by atoms with Gasteiger partial charge in [-0.25, -0.2) is 4.98 Å². The lowest BCUT2D eigenvalue weighted by Crippen LogP contribution is -2.13. The number of amides is 1. The van der Waals surface area contributed by atoms with Crippen molar-refractivity contribution in [2.24, 2.45) is 0 Å². The molecule has 1 heterocycles. The number of nitrogens with zero attached hydrogens (tertiary/aromatic N) is 1. The molecule has 0 aliphatic carbocycles. The summed E-state index contributed by atoms with van der Waals surface area (Å²) in [6, 6.07) is 8.00. The average Bonchev–Trinajstić information content (AvgIpc) is 2.68. The minimum Gasteiger partial charge on any atom is -0.321 e. The van der Waals surface area contributed by atoms with Crippen LogP contribution in [-0.4, -0.2) is 10.9 Å². The summed E-state index contributed by atoms with van der Waals surface area (Å²) in [6.07, 6.45) is 0. The average molecular weight is 288 g/mol. The Morgan fingerprint density at radius 2 is 1.75 bits per heavy atom. The van der Waals surface area contributed by atoms with E-state index in [2.05, 4.69) is 43.2 Å². The Kier molecular flexibility index (Phi) is 3.95. The van der Waals surface area contributed by atoms with Gasteiger partial charge in [0.2, 0.25) is 0 Å². The van der Waals surface area contributed by atoms with Crippen LogP contribution in [0.5, 0.6) is 0 Å². The summed E-state index contributed by atoms with van der Waals surface area (Å²) < 4.78 is 0. The Balaban J connectivity index is 2.14. The van der Waals surface area contributed by atoms with Crippen LogP contribution in [0.4, 0.5) is 5.69 Å². The topological polar surface area (TPSA) is 42.0 Å². The van der Waals surface area contributed by atoms with E-state index in [1.54, 1.807) is 0 Å². The number of thiazole rings is 1. The van der Waals surface area contributed by atoms with Gasteiger partial charge >= 0.3 is 0 Å². The second-order valence-electron chi connectivity index (χ2n) is 5.93. The van der Waals surface area contributed by atoms with Crippen LogP contribution in [0.1, 0.15) is 46.7 Å². The van der Waals surface area contributed by atoms with Crippen LogP contribution in [0.15, 0.2) is 24.3 Å². The summed E-state index contributed by atoms with van der Waals surface area (Å²) in [7, 11) is 0. The quantitative estimate of drug-likeness (QED) is 0.894. The predicted molar refractivity (Wildman–Crippen MR) is 84.7 cm³/mol. The lowest BCUT2D eigenvalue weighted by Gasteiger charge is -2.19. The van der Waals surface area contributed by atoms with E-state index in [4.69, 9.17) is 0 Å². The summed E-state index contributed by atoms with van der Waals surface area (Å²) in [4.78, 5) is 17.2. The largest absolute Gasteiger partial charge is 0.321 e. The Bertz CT molecular complexity index is 621. The van der Waals surface area contributed by atoms with Crippen LogP contribution in [-0.2, 0) is 5.41 Å². The van der Waals surface area contributed by atoms with Gasteiger partial charge in [0, 0.05) is 5.69 Å². The molecule has 0 radical (unpaired) electrons. The molecule has 1 N–H and O–H groups in total. The summed E-state index contributed by atoms with van der Waals surface area (Å²) in [5, 5.41) is 3.84. The SMILES string of the molecule is Cc1nc(C)c(C(=O)Nc2ccc(C(C)(C)C)cc2)s1. The van der Waals surface area contributed by atoms with Gasteiger partial charge in [-0.2, -0.15) is 0 Å². The first-order valence-electron chi connectivity index (χ1n) is 6.63. The zero-order chi connectivity index (χ0) is 14.9. The lowest BCUT2D eigenvalue weighted by molar-refractivity contribution is 0.103. The molecule has 0 atom stereocenters.